The van der Waals surface area contributed by atoms with Crippen LogP contribution >= 0.6 is 0 Å². The highest BCUT2D eigenvalue weighted by atomic mass is 32.2. The maximum atomic E-state index is 13.4. The smallest absolute Gasteiger partial charge is 0.296 e. The van der Waals surface area contributed by atoms with Gasteiger partial charge >= 0.3 is 0 Å². The average Bonchev–Trinajstić information content (AvgIpc) is 3.65. The van der Waals surface area contributed by atoms with Crippen LogP contribution in [0.5, 0.6) is 5.75 Å². The van der Waals surface area contributed by atoms with Crippen LogP contribution in [0, 0.1) is 0 Å². The minimum atomic E-state index is -3.96. The van der Waals surface area contributed by atoms with E-state index >= 15 is 0 Å². The van der Waals surface area contributed by atoms with Crippen molar-refractivity contribution in [2.24, 2.45) is 0 Å². The third-order valence-electron chi connectivity index (χ3n) is 7.55. The molecule has 216 valence electrons. The highest BCUT2D eigenvalue weighted by molar-refractivity contribution is 7.92. The number of nitrogens with zero attached hydrogens (tertiary/aromatic N) is 5. The Kier molecular flexibility index (Phi) is 7.73. The Balaban J connectivity index is 1.30. The second-order valence-electron chi connectivity index (χ2n) is 10.4. The summed E-state index contributed by atoms with van der Waals surface area (Å²) in [4.78, 5) is 18.0. The zero-order valence-corrected chi connectivity index (χ0v) is 23.7. The van der Waals surface area contributed by atoms with E-state index in [-0.39, 0.29) is 22.3 Å². The van der Waals surface area contributed by atoms with Crippen LogP contribution in [0.3, 0.4) is 0 Å². The average molecular weight is 580 g/mol. The first kappa shape index (κ1) is 27.4. The van der Waals surface area contributed by atoms with Crippen LogP contribution in [-0.4, -0.2) is 71.0 Å². The fourth-order valence-corrected chi connectivity index (χ4v) is 6.52. The molecule has 2 aromatic heterocycles. The van der Waals surface area contributed by atoms with Crippen molar-refractivity contribution in [2.75, 3.05) is 37.6 Å². The van der Waals surface area contributed by atoms with Crippen molar-refractivity contribution in [3.05, 3.63) is 64.2 Å². The van der Waals surface area contributed by atoms with Crippen molar-refractivity contribution < 1.29 is 17.9 Å². The standard InChI is InChI=1S/C28H33N7O5S/c1-2-40-24-12-11-22(41(37,38)33-21-9-7-19(8-10-21)18-34-13-15-39-16-14-34)17-23(24)25-29-28(36)27-31-30-26(35(27)32-25)20-5-3-4-6-20/h7-12,17,20,33H,2-6,13-16,18H2,1H3,(H,29,32,36). The lowest BCUT2D eigenvalue weighted by atomic mass is 10.1. The molecule has 1 aliphatic carbocycles. The number of hydrogen-bond donors (Lipinski definition) is 2. The molecule has 0 atom stereocenters. The van der Waals surface area contributed by atoms with Crippen LogP contribution in [-0.2, 0) is 21.3 Å². The van der Waals surface area contributed by atoms with E-state index in [0.717, 1.165) is 64.1 Å². The summed E-state index contributed by atoms with van der Waals surface area (Å²) in [6.07, 6.45) is 4.10. The number of ether oxygens (including phenoxy) is 2. The molecule has 1 saturated carbocycles. The van der Waals surface area contributed by atoms with Gasteiger partial charge in [0.15, 0.2) is 11.6 Å². The lowest BCUT2D eigenvalue weighted by molar-refractivity contribution is 0.0342. The molecule has 2 fully saturated rings. The van der Waals surface area contributed by atoms with Crippen LogP contribution in [0.2, 0.25) is 0 Å². The molecule has 41 heavy (non-hydrogen) atoms. The van der Waals surface area contributed by atoms with Gasteiger partial charge < -0.3 is 14.5 Å². The van der Waals surface area contributed by atoms with Gasteiger partial charge in [0.05, 0.1) is 30.3 Å². The van der Waals surface area contributed by atoms with Gasteiger partial charge in [-0.25, -0.2) is 8.42 Å². The first-order chi connectivity index (χ1) is 19.9. The van der Waals surface area contributed by atoms with E-state index < -0.39 is 15.6 Å². The lowest BCUT2D eigenvalue weighted by Gasteiger charge is -2.26. The van der Waals surface area contributed by atoms with Crippen LogP contribution in [0.25, 0.3) is 17.0 Å². The molecule has 1 aliphatic heterocycles. The normalized spacial score (nSPS) is 16.8. The molecule has 3 heterocycles. The van der Waals surface area contributed by atoms with E-state index in [1.807, 2.05) is 19.1 Å². The fraction of sp³-hybridized carbons (Fsp3) is 0.429. The van der Waals surface area contributed by atoms with E-state index in [4.69, 9.17) is 9.47 Å². The molecule has 4 aromatic rings. The number of nitrogens with one attached hydrogen (secondary N) is 2. The molecule has 2 aliphatic rings. The van der Waals surface area contributed by atoms with Crippen LogP contribution in [0.4, 0.5) is 5.69 Å². The number of H-pyrrole nitrogens is 1. The number of rotatable bonds is 9. The van der Waals surface area contributed by atoms with E-state index in [2.05, 4.69) is 29.9 Å². The Morgan fingerprint density at radius 1 is 1.07 bits per heavy atom. The maximum Gasteiger partial charge on any atom is 0.296 e. The summed E-state index contributed by atoms with van der Waals surface area (Å²) in [5.74, 6) is 1.39. The summed E-state index contributed by atoms with van der Waals surface area (Å²) in [6.45, 7) is 6.15. The molecule has 0 radical (unpaired) electrons. The van der Waals surface area contributed by atoms with E-state index in [9.17, 15) is 13.2 Å². The lowest BCUT2D eigenvalue weighted by Crippen LogP contribution is -2.35. The third kappa shape index (κ3) is 5.83. The van der Waals surface area contributed by atoms with Crippen LogP contribution in [0.1, 0.15) is 49.9 Å². The monoisotopic (exact) mass is 579 g/mol. The van der Waals surface area contributed by atoms with Crippen molar-refractivity contribution in [1.29, 1.82) is 0 Å². The zero-order chi connectivity index (χ0) is 28.4. The maximum absolute atomic E-state index is 13.4. The van der Waals surface area contributed by atoms with Gasteiger partial charge in [0.25, 0.3) is 15.6 Å². The quantitative estimate of drug-likeness (QED) is 0.306. The molecule has 2 N–H and O–H groups in total. The number of hydrogen-bond acceptors (Lipinski definition) is 9. The second kappa shape index (κ2) is 11.6. The molecule has 0 spiro atoms. The fourth-order valence-electron chi connectivity index (χ4n) is 5.43. The number of morpholine rings is 1. The summed E-state index contributed by atoms with van der Waals surface area (Å²) in [5.41, 5.74) is 1.54. The minimum absolute atomic E-state index is 0.0101. The van der Waals surface area contributed by atoms with Crippen molar-refractivity contribution in [3.63, 3.8) is 0 Å². The van der Waals surface area contributed by atoms with Gasteiger partial charge in [-0.1, -0.05) is 25.0 Å². The van der Waals surface area contributed by atoms with Gasteiger partial charge in [-0.05, 0) is 55.7 Å². The SMILES string of the molecule is CCOc1ccc(S(=O)(=O)Nc2ccc(CN3CCOCC3)cc2)cc1-c1nn2c(C3CCCC3)nnc2c(=O)[nH]1. The highest BCUT2D eigenvalue weighted by Gasteiger charge is 2.25. The van der Waals surface area contributed by atoms with Crippen LogP contribution < -0.4 is 15.0 Å². The number of sulfonamides is 1. The van der Waals surface area contributed by atoms with Gasteiger partial charge in [-0.3, -0.25) is 14.4 Å². The van der Waals surface area contributed by atoms with Crippen LogP contribution in [0.15, 0.2) is 52.2 Å². The topological polar surface area (TPSA) is 144 Å². The molecular weight excluding hydrogens is 546 g/mol. The number of benzene rings is 2. The molecule has 0 unspecified atom stereocenters. The van der Waals surface area contributed by atoms with Crippen molar-refractivity contribution in [3.8, 4) is 17.1 Å². The number of aromatic amines is 1. The van der Waals surface area contributed by atoms with Gasteiger partial charge in [-0.2, -0.15) is 4.52 Å². The highest BCUT2D eigenvalue weighted by Crippen LogP contribution is 2.34. The van der Waals surface area contributed by atoms with E-state index in [0.29, 0.717) is 29.4 Å². The molecule has 12 nitrogen and oxygen atoms in total. The molecule has 13 heteroatoms. The Bertz CT molecular complexity index is 1690. The van der Waals surface area contributed by atoms with Gasteiger partial charge in [-0.15, -0.1) is 15.3 Å². The second-order valence-corrected chi connectivity index (χ2v) is 12.0. The van der Waals surface area contributed by atoms with E-state index in [1.165, 1.54) is 16.6 Å². The summed E-state index contributed by atoms with van der Waals surface area (Å²) >= 11 is 0. The Hall–Kier alpha value is -3.81. The third-order valence-corrected chi connectivity index (χ3v) is 8.93. The van der Waals surface area contributed by atoms with Gasteiger partial charge in [0.2, 0.25) is 5.65 Å². The Morgan fingerprint density at radius 2 is 1.83 bits per heavy atom. The number of anilines is 1. The summed E-state index contributed by atoms with van der Waals surface area (Å²) in [7, 11) is -3.96. The van der Waals surface area contributed by atoms with Gasteiger partial charge in [0, 0.05) is 31.2 Å². The zero-order valence-electron chi connectivity index (χ0n) is 22.9. The Labute approximate surface area is 237 Å². The summed E-state index contributed by atoms with van der Waals surface area (Å²) < 4.78 is 42.2. The predicted octanol–water partition coefficient (Wildman–Crippen LogP) is 3.17. The summed E-state index contributed by atoms with van der Waals surface area (Å²) in [6, 6.07) is 11.9. The van der Waals surface area contributed by atoms with Crippen molar-refractivity contribution in [2.45, 2.75) is 50.0 Å². The largest absolute Gasteiger partial charge is 0.493 e. The van der Waals surface area contributed by atoms with E-state index in [1.54, 1.807) is 18.2 Å². The number of fused-ring (bicyclic) bond motifs is 1. The first-order valence-electron chi connectivity index (χ1n) is 14.0. The van der Waals surface area contributed by atoms with Gasteiger partial charge in [0.1, 0.15) is 5.75 Å². The Morgan fingerprint density at radius 3 is 2.56 bits per heavy atom. The predicted molar refractivity (Wildman–Crippen MR) is 153 cm³/mol. The van der Waals surface area contributed by atoms with Crippen molar-refractivity contribution in [1.82, 2.24) is 29.7 Å². The minimum Gasteiger partial charge on any atom is -0.493 e. The summed E-state index contributed by atoms with van der Waals surface area (Å²) in [5, 5.41) is 13.0. The molecule has 6 rings (SSSR count). The molecule has 0 bridgehead atoms. The molecular formula is C28H33N7O5S. The molecule has 1 saturated heterocycles. The first-order valence-corrected chi connectivity index (χ1v) is 15.4. The molecule has 0 amide bonds. The van der Waals surface area contributed by atoms with Crippen molar-refractivity contribution >= 4 is 21.4 Å². The number of aromatic nitrogens is 5. The molecule has 2 aromatic carbocycles.